The molecular formula is C22H31N3O7. The third-order valence-electron chi connectivity index (χ3n) is 4.90. The zero-order valence-corrected chi connectivity index (χ0v) is 19.2. The molecular weight excluding hydrogens is 418 g/mol. The molecule has 1 aliphatic heterocycles. The van der Waals surface area contributed by atoms with E-state index in [2.05, 4.69) is 4.74 Å². The molecule has 2 rings (SSSR count). The molecule has 1 aliphatic rings. The van der Waals surface area contributed by atoms with E-state index < -0.39 is 29.6 Å². The van der Waals surface area contributed by atoms with Crippen LogP contribution in [0.4, 0.5) is 4.79 Å². The number of primary amides is 1. The number of nitrogens with zero attached hydrogens (tertiary/aromatic N) is 2. The minimum absolute atomic E-state index is 0.0371. The Morgan fingerprint density at radius 3 is 2.53 bits per heavy atom. The fourth-order valence-electron chi connectivity index (χ4n) is 3.24. The lowest BCUT2D eigenvalue weighted by molar-refractivity contribution is -0.141. The second kappa shape index (κ2) is 10.3. The molecule has 176 valence electrons. The van der Waals surface area contributed by atoms with Gasteiger partial charge in [-0.05, 0) is 39.3 Å². The van der Waals surface area contributed by atoms with Gasteiger partial charge in [0, 0.05) is 24.6 Å². The summed E-state index contributed by atoms with van der Waals surface area (Å²) < 4.78 is 15.7. The Morgan fingerprint density at radius 1 is 1.25 bits per heavy atom. The first-order chi connectivity index (χ1) is 14.9. The molecule has 1 heterocycles. The van der Waals surface area contributed by atoms with E-state index in [0.717, 1.165) is 0 Å². The summed E-state index contributed by atoms with van der Waals surface area (Å²) in [4.78, 5) is 51.1. The van der Waals surface area contributed by atoms with Crippen molar-refractivity contribution in [2.45, 2.75) is 51.8 Å². The number of likely N-dealkylation sites (N-methyl/N-ethyl adjacent to an activating group) is 1. The van der Waals surface area contributed by atoms with Crippen LogP contribution in [0.3, 0.4) is 0 Å². The van der Waals surface area contributed by atoms with Gasteiger partial charge in [-0.3, -0.25) is 14.4 Å². The fraction of sp³-hybridized carbons (Fsp3) is 0.545. The summed E-state index contributed by atoms with van der Waals surface area (Å²) in [6, 6.07) is 4.10. The van der Waals surface area contributed by atoms with Crippen molar-refractivity contribution in [1.29, 1.82) is 0 Å². The van der Waals surface area contributed by atoms with Crippen molar-refractivity contribution in [3.63, 3.8) is 0 Å². The minimum atomic E-state index is -0.944. The van der Waals surface area contributed by atoms with E-state index in [1.807, 2.05) is 0 Å². The molecule has 2 N–H and O–H groups in total. The van der Waals surface area contributed by atoms with Gasteiger partial charge in [0.05, 0.1) is 20.2 Å². The van der Waals surface area contributed by atoms with Gasteiger partial charge >= 0.3 is 12.1 Å². The standard InChI is InChI=1S/C22H31N3O7/c1-22(2,3)32-21(29)24(4)11-12-31-17-8-6-7-14-15(17)13-25(20(14)28)16(19(23)27)9-10-18(26)30-5/h6-8,16H,9-13H2,1-5H3,(H2,23,27)/t16-/m0/s1. The molecule has 10 heteroatoms. The third-order valence-corrected chi connectivity index (χ3v) is 4.90. The van der Waals surface area contributed by atoms with Crippen LogP contribution >= 0.6 is 0 Å². The number of amides is 3. The molecule has 0 aromatic heterocycles. The lowest BCUT2D eigenvalue weighted by Gasteiger charge is -2.25. The predicted octanol–water partition coefficient (Wildman–Crippen LogP) is 1.70. The van der Waals surface area contributed by atoms with E-state index in [1.54, 1.807) is 46.0 Å². The van der Waals surface area contributed by atoms with Crippen LogP contribution in [0.1, 0.15) is 49.5 Å². The molecule has 0 saturated carbocycles. The zero-order valence-electron chi connectivity index (χ0n) is 19.2. The highest BCUT2D eigenvalue weighted by Gasteiger charge is 2.37. The minimum Gasteiger partial charge on any atom is -0.491 e. The second-order valence-electron chi connectivity index (χ2n) is 8.50. The molecule has 0 aliphatic carbocycles. The highest BCUT2D eigenvalue weighted by atomic mass is 16.6. The summed E-state index contributed by atoms with van der Waals surface area (Å²) in [7, 11) is 2.86. The Balaban J connectivity index is 2.05. The lowest BCUT2D eigenvalue weighted by Crippen LogP contribution is -2.45. The summed E-state index contributed by atoms with van der Waals surface area (Å²) in [5, 5.41) is 0. The van der Waals surface area contributed by atoms with Gasteiger partial charge in [0.2, 0.25) is 5.91 Å². The topological polar surface area (TPSA) is 128 Å². The molecule has 0 saturated heterocycles. The van der Waals surface area contributed by atoms with Gasteiger partial charge in [-0.1, -0.05) is 6.07 Å². The summed E-state index contributed by atoms with van der Waals surface area (Å²) in [5.74, 6) is -1.06. The van der Waals surface area contributed by atoms with E-state index in [9.17, 15) is 19.2 Å². The number of ether oxygens (including phenoxy) is 3. The predicted molar refractivity (Wildman–Crippen MR) is 115 cm³/mol. The van der Waals surface area contributed by atoms with Crippen LogP contribution in [0.2, 0.25) is 0 Å². The number of carbonyl (C=O) groups excluding carboxylic acids is 4. The molecule has 0 spiro atoms. The van der Waals surface area contributed by atoms with Crippen molar-refractivity contribution in [3.8, 4) is 5.75 Å². The number of fused-ring (bicyclic) bond motifs is 1. The molecule has 10 nitrogen and oxygen atoms in total. The van der Waals surface area contributed by atoms with Crippen molar-refractivity contribution in [2.75, 3.05) is 27.3 Å². The maximum Gasteiger partial charge on any atom is 0.410 e. The van der Waals surface area contributed by atoms with Gasteiger partial charge in [-0.2, -0.15) is 0 Å². The van der Waals surface area contributed by atoms with Crippen LogP contribution in [0.25, 0.3) is 0 Å². The van der Waals surface area contributed by atoms with Crippen LogP contribution in [0.5, 0.6) is 5.75 Å². The van der Waals surface area contributed by atoms with Gasteiger partial charge in [0.25, 0.3) is 5.91 Å². The molecule has 0 fully saturated rings. The highest BCUT2D eigenvalue weighted by molar-refractivity contribution is 6.01. The number of rotatable bonds is 9. The van der Waals surface area contributed by atoms with Crippen molar-refractivity contribution < 1.29 is 33.4 Å². The van der Waals surface area contributed by atoms with Crippen molar-refractivity contribution in [1.82, 2.24) is 9.80 Å². The molecule has 0 unspecified atom stereocenters. The van der Waals surface area contributed by atoms with Gasteiger partial charge in [0.15, 0.2) is 0 Å². The Bertz CT molecular complexity index is 879. The molecule has 1 aromatic carbocycles. The average molecular weight is 450 g/mol. The van der Waals surface area contributed by atoms with E-state index in [4.69, 9.17) is 15.2 Å². The van der Waals surface area contributed by atoms with Gasteiger partial charge < -0.3 is 29.7 Å². The monoisotopic (exact) mass is 449 g/mol. The maximum absolute atomic E-state index is 12.9. The van der Waals surface area contributed by atoms with Crippen molar-refractivity contribution in [3.05, 3.63) is 29.3 Å². The number of esters is 1. The largest absolute Gasteiger partial charge is 0.491 e. The molecule has 1 aromatic rings. The summed E-state index contributed by atoms with van der Waals surface area (Å²) in [6.07, 6.45) is -0.431. The number of benzene rings is 1. The SMILES string of the molecule is COC(=O)CC[C@@H](C(N)=O)N1Cc2c(OCCN(C)C(=O)OC(C)(C)C)cccc2C1=O. The third kappa shape index (κ3) is 6.35. The second-order valence-corrected chi connectivity index (χ2v) is 8.50. The van der Waals surface area contributed by atoms with E-state index in [0.29, 0.717) is 16.9 Å². The summed E-state index contributed by atoms with van der Waals surface area (Å²) >= 11 is 0. The number of hydrogen-bond acceptors (Lipinski definition) is 7. The van der Waals surface area contributed by atoms with Crippen LogP contribution in [0.15, 0.2) is 18.2 Å². The number of hydrogen-bond donors (Lipinski definition) is 1. The van der Waals surface area contributed by atoms with Crippen LogP contribution in [0, 0.1) is 0 Å². The molecule has 0 radical (unpaired) electrons. The Labute approximate surface area is 187 Å². The summed E-state index contributed by atoms with van der Waals surface area (Å²) in [6.45, 7) is 5.95. The van der Waals surface area contributed by atoms with Gasteiger partial charge in [0.1, 0.15) is 24.0 Å². The van der Waals surface area contributed by atoms with Crippen molar-refractivity contribution >= 4 is 23.9 Å². The van der Waals surface area contributed by atoms with E-state index in [-0.39, 0.29) is 38.4 Å². The Morgan fingerprint density at radius 2 is 1.94 bits per heavy atom. The van der Waals surface area contributed by atoms with Gasteiger partial charge in [-0.25, -0.2) is 4.79 Å². The fourth-order valence-corrected chi connectivity index (χ4v) is 3.24. The first-order valence-electron chi connectivity index (χ1n) is 10.3. The molecule has 0 bridgehead atoms. The molecule has 32 heavy (non-hydrogen) atoms. The quantitative estimate of drug-likeness (QED) is 0.568. The van der Waals surface area contributed by atoms with Crippen LogP contribution < -0.4 is 10.5 Å². The smallest absolute Gasteiger partial charge is 0.410 e. The molecule has 3 amide bonds. The Kier molecular flexibility index (Phi) is 8.07. The zero-order chi connectivity index (χ0) is 24.1. The first kappa shape index (κ1) is 25.0. The number of carbonyl (C=O) groups is 4. The summed E-state index contributed by atoms with van der Waals surface area (Å²) in [5.41, 5.74) is 5.94. The first-order valence-corrected chi connectivity index (χ1v) is 10.3. The Hall–Kier alpha value is -3.30. The van der Waals surface area contributed by atoms with Crippen LogP contribution in [-0.4, -0.2) is 72.6 Å². The lowest BCUT2D eigenvalue weighted by atomic mass is 10.1. The van der Waals surface area contributed by atoms with E-state index >= 15 is 0 Å². The number of methoxy groups -OCH3 is 1. The van der Waals surface area contributed by atoms with Crippen LogP contribution in [-0.2, 0) is 25.6 Å². The molecule has 1 atom stereocenters. The van der Waals surface area contributed by atoms with E-state index in [1.165, 1.54) is 16.9 Å². The average Bonchev–Trinajstić information content (AvgIpc) is 3.03. The number of nitrogens with two attached hydrogens (primary N) is 1. The normalized spacial score (nSPS) is 13.9. The maximum atomic E-state index is 12.9. The van der Waals surface area contributed by atoms with Gasteiger partial charge in [-0.15, -0.1) is 0 Å². The highest BCUT2D eigenvalue weighted by Crippen LogP contribution is 2.33. The van der Waals surface area contributed by atoms with Crippen molar-refractivity contribution in [2.24, 2.45) is 5.73 Å².